The van der Waals surface area contributed by atoms with Crippen molar-refractivity contribution in [3.63, 3.8) is 0 Å². The number of ether oxygens (including phenoxy) is 2. The van der Waals surface area contributed by atoms with E-state index in [2.05, 4.69) is 33.1 Å². The van der Waals surface area contributed by atoms with Gasteiger partial charge >= 0.3 is 0 Å². The van der Waals surface area contributed by atoms with Crippen molar-refractivity contribution in [2.45, 2.75) is 20.0 Å². The number of aliphatic imine (C=N–C) groups is 1. The average Bonchev–Trinajstić information content (AvgIpc) is 3.40. The largest absolute Gasteiger partial charge is 0.454 e. The van der Waals surface area contributed by atoms with Gasteiger partial charge in [0.2, 0.25) is 6.79 Å². The average molecular weight is 522 g/mol. The molecule has 1 aliphatic rings. The molecule has 0 amide bonds. The first-order valence-corrected chi connectivity index (χ1v) is 10.1. The maximum absolute atomic E-state index is 5.43. The highest BCUT2D eigenvalue weighted by atomic mass is 127. The number of hydrogen-bond acceptors (Lipinski definition) is 5. The first-order valence-electron chi connectivity index (χ1n) is 9.22. The molecule has 29 heavy (non-hydrogen) atoms. The number of rotatable bonds is 6. The van der Waals surface area contributed by atoms with Gasteiger partial charge in [-0.2, -0.15) is 0 Å². The number of nitrogens with zero attached hydrogens (tertiary/aromatic N) is 2. The van der Waals surface area contributed by atoms with Crippen LogP contribution >= 0.6 is 35.3 Å². The van der Waals surface area contributed by atoms with Crippen LogP contribution in [0.2, 0.25) is 0 Å². The molecule has 3 aromatic rings. The van der Waals surface area contributed by atoms with Gasteiger partial charge in [-0.1, -0.05) is 36.4 Å². The van der Waals surface area contributed by atoms with E-state index in [0.717, 1.165) is 45.8 Å². The molecule has 0 fully saturated rings. The second kappa shape index (κ2) is 10.4. The van der Waals surface area contributed by atoms with Gasteiger partial charge in [-0.25, -0.2) is 9.98 Å². The number of thiazole rings is 1. The van der Waals surface area contributed by atoms with Crippen LogP contribution < -0.4 is 20.1 Å². The lowest BCUT2D eigenvalue weighted by molar-refractivity contribution is 0.174. The van der Waals surface area contributed by atoms with Crippen molar-refractivity contribution in [2.75, 3.05) is 13.3 Å². The molecule has 6 nitrogen and oxygen atoms in total. The molecule has 0 unspecified atom stereocenters. The molecule has 1 aromatic heterocycles. The number of nitrogens with one attached hydrogen (secondary N) is 2. The number of hydrogen-bond donors (Lipinski definition) is 2. The Hall–Kier alpha value is -2.33. The fourth-order valence-corrected chi connectivity index (χ4v) is 3.65. The molecule has 2 heterocycles. The van der Waals surface area contributed by atoms with Crippen molar-refractivity contribution in [3.8, 4) is 22.1 Å². The zero-order chi connectivity index (χ0) is 19.2. The third-order valence-electron chi connectivity index (χ3n) is 4.21. The lowest BCUT2D eigenvalue weighted by Crippen LogP contribution is -2.36. The van der Waals surface area contributed by atoms with E-state index >= 15 is 0 Å². The Balaban J connectivity index is 0.00000240. The molecular weight excluding hydrogens is 499 g/mol. The van der Waals surface area contributed by atoms with Gasteiger partial charge in [0.25, 0.3) is 0 Å². The van der Waals surface area contributed by atoms with Crippen LogP contribution in [0, 0.1) is 0 Å². The van der Waals surface area contributed by atoms with Crippen molar-refractivity contribution in [1.82, 2.24) is 15.6 Å². The van der Waals surface area contributed by atoms with Gasteiger partial charge < -0.3 is 20.1 Å². The summed E-state index contributed by atoms with van der Waals surface area (Å²) in [5, 5.41) is 9.73. The van der Waals surface area contributed by atoms with Crippen LogP contribution in [0.25, 0.3) is 10.6 Å². The molecule has 8 heteroatoms. The third-order valence-corrected chi connectivity index (χ3v) is 5.15. The quantitative estimate of drug-likeness (QED) is 0.285. The van der Waals surface area contributed by atoms with Crippen LogP contribution in [0.4, 0.5) is 0 Å². The third kappa shape index (κ3) is 5.60. The summed E-state index contributed by atoms with van der Waals surface area (Å²) in [6.07, 6.45) is 0. The SMILES string of the molecule is CCNC(=NCc1ccc2c(c1)OCO2)NCc1csc(-c2ccccc2)n1.I. The minimum atomic E-state index is 0. The Bertz CT molecular complexity index is 962. The molecule has 0 aliphatic carbocycles. The molecule has 0 radical (unpaired) electrons. The molecule has 0 spiro atoms. The van der Waals surface area contributed by atoms with Crippen LogP contribution in [0.3, 0.4) is 0 Å². The van der Waals surface area contributed by atoms with Crippen molar-refractivity contribution < 1.29 is 9.47 Å². The number of benzene rings is 2. The van der Waals surface area contributed by atoms with Crippen LogP contribution in [0.1, 0.15) is 18.2 Å². The van der Waals surface area contributed by atoms with Crippen LogP contribution in [0.5, 0.6) is 11.5 Å². The summed E-state index contributed by atoms with van der Waals surface area (Å²) in [7, 11) is 0. The highest BCUT2D eigenvalue weighted by Gasteiger charge is 2.13. The molecular formula is C21H23IN4O2S. The van der Waals surface area contributed by atoms with Gasteiger partial charge in [0.15, 0.2) is 17.5 Å². The van der Waals surface area contributed by atoms with Gasteiger partial charge in [-0.15, -0.1) is 35.3 Å². The minimum absolute atomic E-state index is 0. The second-order valence-electron chi connectivity index (χ2n) is 6.25. The molecule has 0 bridgehead atoms. The van der Waals surface area contributed by atoms with Crippen LogP contribution in [-0.2, 0) is 13.1 Å². The normalized spacial score (nSPS) is 12.4. The van der Waals surface area contributed by atoms with Crippen molar-refractivity contribution in [2.24, 2.45) is 4.99 Å². The Morgan fingerprint density at radius 1 is 1.10 bits per heavy atom. The predicted molar refractivity (Wildman–Crippen MR) is 127 cm³/mol. The van der Waals surface area contributed by atoms with Gasteiger partial charge in [-0.3, -0.25) is 0 Å². The fraction of sp³-hybridized carbons (Fsp3) is 0.238. The van der Waals surface area contributed by atoms with E-state index in [1.807, 2.05) is 43.3 Å². The Labute approximate surface area is 191 Å². The van der Waals surface area contributed by atoms with E-state index in [0.29, 0.717) is 13.1 Å². The van der Waals surface area contributed by atoms with Crippen molar-refractivity contribution >= 4 is 41.3 Å². The summed E-state index contributed by atoms with van der Waals surface area (Å²) < 4.78 is 10.8. The highest BCUT2D eigenvalue weighted by molar-refractivity contribution is 14.0. The summed E-state index contributed by atoms with van der Waals surface area (Å²) in [5.74, 6) is 2.33. The fourth-order valence-electron chi connectivity index (χ4n) is 2.83. The standard InChI is InChI=1S/C21H22N4O2S.HI/c1-2-22-21(23-11-15-8-9-18-19(10-15)27-14-26-18)24-12-17-13-28-20(25-17)16-6-4-3-5-7-16;/h3-10,13H,2,11-12,14H2,1H3,(H2,22,23,24);1H. The van der Waals surface area contributed by atoms with Crippen molar-refractivity contribution in [1.29, 1.82) is 0 Å². The molecule has 152 valence electrons. The summed E-state index contributed by atoms with van der Waals surface area (Å²) >= 11 is 1.65. The number of guanidine groups is 1. The van der Waals surface area contributed by atoms with E-state index in [-0.39, 0.29) is 30.8 Å². The maximum Gasteiger partial charge on any atom is 0.231 e. The molecule has 0 atom stereocenters. The Kier molecular flexibility index (Phi) is 7.70. The zero-order valence-corrected chi connectivity index (χ0v) is 19.2. The molecule has 2 aromatic carbocycles. The van der Waals surface area contributed by atoms with E-state index in [1.54, 1.807) is 11.3 Å². The molecule has 1 aliphatic heterocycles. The Morgan fingerprint density at radius 2 is 1.93 bits per heavy atom. The topological polar surface area (TPSA) is 67.8 Å². The van der Waals surface area contributed by atoms with Crippen LogP contribution in [0.15, 0.2) is 58.9 Å². The monoisotopic (exact) mass is 522 g/mol. The molecule has 2 N–H and O–H groups in total. The van der Waals surface area contributed by atoms with Gasteiger partial charge in [-0.05, 0) is 24.6 Å². The summed E-state index contributed by atoms with van der Waals surface area (Å²) in [6.45, 7) is 4.30. The summed E-state index contributed by atoms with van der Waals surface area (Å²) in [5.41, 5.74) is 3.21. The lowest BCUT2D eigenvalue weighted by atomic mass is 10.2. The molecule has 4 rings (SSSR count). The van der Waals surface area contributed by atoms with Crippen LogP contribution in [-0.4, -0.2) is 24.3 Å². The highest BCUT2D eigenvalue weighted by Crippen LogP contribution is 2.32. The first-order chi connectivity index (χ1) is 13.8. The van der Waals surface area contributed by atoms with Gasteiger partial charge in [0.1, 0.15) is 5.01 Å². The van der Waals surface area contributed by atoms with Crippen molar-refractivity contribution in [3.05, 3.63) is 65.2 Å². The van der Waals surface area contributed by atoms with E-state index in [9.17, 15) is 0 Å². The minimum Gasteiger partial charge on any atom is -0.454 e. The molecule has 0 saturated carbocycles. The number of halogens is 1. The Morgan fingerprint density at radius 3 is 2.76 bits per heavy atom. The smallest absolute Gasteiger partial charge is 0.231 e. The summed E-state index contributed by atoms with van der Waals surface area (Å²) in [6, 6.07) is 16.1. The van der Waals surface area contributed by atoms with Gasteiger partial charge in [0.05, 0.1) is 18.8 Å². The summed E-state index contributed by atoms with van der Waals surface area (Å²) in [4.78, 5) is 9.38. The molecule has 0 saturated heterocycles. The van der Waals surface area contributed by atoms with E-state index < -0.39 is 0 Å². The second-order valence-corrected chi connectivity index (χ2v) is 7.10. The van der Waals surface area contributed by atoms with E-state index in [4.69, 9.17) is 14.5 Å². The van der Waals surface area contributed by atoms with Gasteiger partial charge in [0, 0.05) is 17.5 Å². The maximum atomic E-state index is 5.43. The lowest BCUT2D eigenvalue weighted by Gasteiger charge is -2.10. The first kappa shape index (κ1) is 21.4. The number of aromatic nitrogens is 1. The van der Waals surface area contributed by atoms with E-state index in [1.165, 1.54) is 0 Å². The zero-order valence-electron chi connectivity index (χ0n) is 16.1. The predicted octanol–water partition coefficient (Wildman–Crippen LogP) is 4.41. The number of fused-ring (bicyclic) bond motifs is 1.